The Balaban J connectivity index is 1.69. The van der Waals surface area contributed by atoms with Crippen molar-refractivity contribution in [3.63, 3.8) is 0 Å². The highest BCUT2D eigenvalue weighted by molar-refractivity contribution is 5.87. The van der Waals surface area contributed by atoms with E-state index in [0.717, 1.165) is 25.2 Å². The number of carbonyl (C=O) groups excluding carboxylic acids is 1. The van der Waals surface area contributed by atoms with Crippen LogP contribution in [-0.4, -0.2) is 29.9 Å². The summed E-state index contributed by atoms with van der Waals surface area (Å²) in [7, 11) is 0. The van der Waals surface area contributed by atoms with Gasteiger partial charge in [0.25, 0.3) is 0 Å². The lowest BCUT2D eigenvalue weighted by Gasteiger charge is -2.36. The van der Waals surface area contributed by atoms with Crippen LogP contribution in [0.1, 0.15) is 25.8 Å². The number of anilines is 1. The molecule has 0 radical (unpaired) electrons. The maximum Gasteiger partial charge on any atom is 0.245 e. The molecule has 19 heavy (non-hydrogen) atoms. The van der Waals surface area contributed by atoms with Crippen LogP contribution in [0.15, 0.2) is 24.3 Å². The molecule has 3 atom stereocenters. The van der Waals surface area contributed by atoms with Crippen LogP contribution in [0, 0.1) is 11.8 Å². The van der Waals surface area contributed by atoms with E-state index in [4.69, 9.17) is 0 Å². The first kappa shape index (κ1) is 12.5. The molecule has 1 amide bonds. The number of para-hydroxylation sites is 1. The highest BCUT2D eigenvalue weighted by Gasteiger charge is 2.33. The van der Waals surface area contributed by atoms with Crippen LogP contribution in [0.4, 0.5) is 5.69 Å². The number of likely N-dealkylation sites (tertiary alicyclic amines) is 1. The van der Waals surface area contributed by atoms with Gasteiger partial charge < -0.3 is 10.2 Å². The Labute approximate surface area is 115 Å². The standard InChI is InChI=1S/C16H22N2O/c1-11-7-12(2)10-18(9-11)16(19)15-8-13-5-3-4-6-14(13)17-15/h3-6,11-12,15,17H,7-10H2,1-2H3/t11-,12+,15-/m1/s1. The Kier molecular flexibility index (Phi) is 3.21. The van der Waals surface area contributed by atoms with E-state index in [-0.39, 0.29) is 11.9 Å². The van der Waals surface area contributed by atoms with Crippen LogP contribution in [-0.2, 0) is 11.2 Å². The molecule has 0 aliphatic carbocycles. The Morgan fingerprint density at radius 3 is 2.58 bits per heavy atom. The molecule has 0 bridgehead atoms. The van der Waals surface area contributed by atoms with Crippen LogP contribution in [0.2, 0.25) is 0 Å². The number of nitrogens with zero attached hydrogens (tertiary/aromatic N) is 1. The van der Waals surface area contributed by atoms with Crippen molar-refractivity contribution < 1.29 is 4.79 Å². The summed E-state index contributed by atoms with van der Waals surface area (Å²) in [6.07, 6.45) is 2.07. The molecular formula is C16H22N2O. The van der Waals surface area contributed by atoms with E-state index in [1.165, 1.54) is 12.0 Å². The quantitative estimate of drug-likeness (QED) is 0.839. The van der Waals surface area contributed by atoms with Gasteiger partial charge in [0.1, 0.15) is 6.04 Å². The second-order valence-corrected chi connectivity index (χ2v) is 6.25. The van der Waals surface area contributed by atoms with Gasteiger partial charge in [0, 0.05) is 25.2 Å². The van der Waals surface area contributed by atoms with Crippen LogP contribution in [0.3, 0.4) is 0 Å². The number of fused-ring (bicyclic) bond motifs is 1. The first-order chi connectivity index (χ1) is 9.13. The van der Waals surface area contributed by atoms with Crippen molar-refractivity contribution in [2.75, 3.05) is 18.4 Å². The largest absolute Gasteiger partial charge is 0.373 e. The van der Waals surface area contributed by atoms with Gasteiger partial charge >= 0.3 is 0 Å². The van der Waals surface area contributed by atoms with E-state index >= 15 is 0 Å². The van der Waals surface area contributed by atoms with Crippen molar-refractivity contribution in [3.05, 3.63) is 29.8 Å². The summed E-state index contributed by atoms with van der Waals surface area (Å²) in [5.41, 5.74) is 2.39. The van der Waals surface area contributed by atoms with Crippen LogP contribution >= 0.6 is 0 Å². The zero-order chi connectivity index (χ0) is 13.4. The SMILES string of the molecule is C[C@@H]1C[C@H](C)CN(C(=O)[C@H]2Cc3ccccc3N2)C1. The van der Waals surface area contributed by atoms with E-state index in [1.54, 1.807) is 0 Å². The summed E-state index contributed by atoms with van der Waals surface area (Å²) in [6, 6.07) is 8.17. The lowest BCUT2D eigenvalue weighted by atomic mass is 9.91. The first-order valence-corrected chi connectivity index (χ1v) is 7.26. The summed E-state index contributed by atoms with van der Waals surface area (Å²) in [4.78, 5) is 14.7. The predicted molar refractivity (Wildman–Crippen MR) is 77.1 cm³/mol. The third kappa shape index (κ3) is 2.46. The molecule has 0 aromatic heterocycles. The minimum absolute atomic E-state index is 0.0603. The third-order valence-electron chi connectivity index (χ3n) is 4.25. The minimum Gasteiger partial charge on any atom is -0.373 e. The molecule has 1 aromatic carbocycles. The zero-order valence-corrected chi connectivity index (χ0v) is 11.7. The van der Waals surface area contributed by atoms with Crippen molar-refractivity contribution in [1.29, 1.82) is 0 Å². The lowest BCUT2D eigenvalue weighted by Crippen LogP contribution is -2.48. The van der Waals surface area contributed by atoms with E-state index < -0.39 is 0 Å². The Bertz CT molecular complexity index is 450. The van der Waals surface area contributed by atoms with Crippen molar-refractivity contribution in [2.24, 2.45) is 11.8 Å². The lowest BCUT2D eigenvalue weighted by molar-refractivity contribution is -0.134. The van der Waals surface area contributed by atoms with Crippen molar-refractivity contribution in [2.45, 2.75) is 32.7 Å². The minimum atomic E-state index is -0.0603. The molecule has 1 fully saturated rings. The van der Waals surface area contributed by atoms with Gasteiger partial charge in [0.15, 0.2) is 0 Å². The van der Waals surface area contributed by atoms with Crippen molar-refractivity contribution >= 4 is 11.6 Å². The van der Waals surface area contributed by atoms with E-state index in [9.17, 15) is 4.79 Å². The Morgan fingerprint density at radius 2 is 1.89 bits per heavy atom. The number of benzene rings is 1. The van der Waals surface area contributed by atoms with Gasteiger partial charge in [0.2, 0.25) is 5.91 Å². The summed E-state index contributed by atoms with van der Waals surface area (Å²) in [5, 5.41) is 3.37. The van der Waals surface area contributed by atoms with Crippen molar-refractivity contribution in [1.82, 2.24) is 4.90 Å². The molecule has 0 unspecified atom stereocenters. The number of hydrogen-bond acceptors (Lipinski definition) is 2. The fourth-order valence-corrected chi connectivity index (χ4v) is 3.51. The second kappa shape index (κ2) is 4.87. The average Bonchev–Trinajstić information content (AvgIpc) is 2.80. The van der Waals surface area contributed by atoms with Crippen LogP contribution in [0.25, 0.3) is 0 Å². The van der Waals surface area contributed by atoms with Gasteiger partial charge in [0.05, 0.1) is 0 Å². The van der Waals surface area contributed by atoms with E-state index in [1.807, 2.05) is 12.1 Å². The fourth-order valence-electron chi connectivity index (χ4n) is 3.51. The van der Waals surface area contributed by atoms with Crippen LogP contribution in [0.5, 0.6) is 0 Å². The molecular weight excluding hydrogens is 236 g/mol. The number of carbonyl (C=O) groups is 1. The second-order valence-electron chi connectivity index (χ2n) is 6.25. The Hall–Kier alpha value is -1.51. The number of nitrogens with one attached hydrogen (secondary N) is 1. The van der Waals surface area contributed by atoms with Crippen molar-refractivity contribution in [3.8, 4) is 0 Å². The number of hydrogen-bond donors (Lipinski definition) is 1. The molecule has 3 heteroatoms. The molecule has 1 N–H and O–H groups in total. The van der Waals surface area contributed by atoms with Gasteiger partial charge in [-0.15, -0.1) is 0 Å². The third-order valence-corrected chi connectivity index (χ3v) is 4.25. The molecule has 102 valence electrons. The van der Waals surface area contributed by atoms with Gasteiger partial charge in [-0.25, -0.2) is 0 Å². The molecule has 2 aliphatic heterocycles. The summed E-state index contributed by atoms with van der Waals surface area (Å²) >= 11 is 0. The topological polar surface area (TPSA) is 32.3 Å². The van der Waals surface area contributed by atoms with Gasteiger partial charge in [-0.05, 0) is 29.9 Å². The molecule has 3 rings (SSSR count). The molecule has 1 saturated heterocycles. The van der Waals surface area contributed by atoms with E-state index in [0.29, 0.717) is 11.8 Å². The molecule has 3 nitrogen and oxygen atoms in total. The van der Waals surface area contributed by atoms with Gasteiger partial charge in [-0.2, -0.15) is 0 Å². The Morgan fingerprint density at radius 1 is 1.21 bits per heavy atom. The normalized spacial score (nSPS) is 29.8. The highest BCUT2D eigenvalue weighted by Crippen LogP contribution is 2.28. The molecule has 2 heterocycles. The number of piperidine rings is 1. The maximum absolute atomic E-state index is 12.6. The molecule has 0 saturated carbocycles. The van der Waals surface area contributed by atoms with E-state index in [2.05, 4.69) is 36.2 Å². The van der Waals surface area contributed by atoms with Gasteiger partial charge in [-0.3, -0.25) is 4.79 Å². The zero-order valence-electron chi connectivity index (χ0n) is 11.7. The number of rotatable bonds is 1. The molecule has 0 spiro atoms. The molecule has 2 aliphatic rings. The average molecular weight is 258 g/mol. The fraction of sp³-hybridized carbons (Fsp3) is 0.562. The van der Waals surface area contributed by atoms with Gasteiger partial charge in [-0.1, -0.05) is 32.0 Å². The summed E-state index contributed by atoms with van der Waals surface area (Å²) in [6.45, 7) is 6.31. The van der Waals surface area contributed by atoms with Crippen LogP contribution < -0.4 is 5.32 Å². The molecule has 1 aromatic rings. The predicted octanol–water partition coefficient (Wildman–Crippen LogP) is 2.53. The monoisotopic (exact) mass is 258 g/mol. The summed E-state index contributed by atoms with van der Waals surface area (Å²) < 4.78 is 0. The first-order valence-electron chi connectivity index (χ1n) is 7.26. The maximum atomic E-state index is 12.6. The smallest absolute Gasteiger partial charge is 0.245 e. The highest BCUT2D eigenvalue weighted by atomic mass is 16.2. The number of amides is 1. The summed E-state index contributed by atoms with van der Waals surface area (Å²) in [5.74, 6) is 1.52.